The molecule has 0 amide bonds. The van der Waals surface area contributed by atoms with Crippen LogP contribution in [0, 0.1) is 5.92 Å². The summed E-state index contributed by atoms with van der Waals surface area (Å²) in [6.07, 6.45) is 5.45. The topological polar surface area (TPSA) is 57.8 Å². The van der Waals surface area contributed by atoms with E-state index in [1.165, 1.54) is 25.7 Å². The maximum absolute atomic E-state index is 6.15. The van der Waals surface area contributed by atoms with Gasteiger partial charge in [0.15, 0.2) is 6.23 Å². The van der Waals surface area contributed by atoms with Crippen molar-refractivity contribution in [2.75, 3.05) is 26.2 Å². The van der Waals surface area contributed by atoms with E-state index in [0.717, 1.165) is 19.6 Å². The van der Waals surface area contributed by atoms with Gasteiger partial charge in [-0.15, -0.1) is 0 Å². The Morgan fingerprint density at radius 1 is 1.26 bits per heavy atom. The number of unbranched alkanes of at least 4 members (excludes halogenated alkanes) is 3. The smallest absolute Gasteiger partial charge is 0.154 e. The van der Waals surface area contributed by atoms with Crippen molar-refractivity contribution in [1.29, 1.82) is 0 Å². The molecule has 6 nitrogen and oxygen atoms in total. The molecule has 2 aliphatic heterocycles. The lowest BCUT2D eigenvalue weighted by Crippen LogP contribution is -2.59. The Balaban J connectivity index is 1.79. The summed E-state index contributed by atoms with van der Waals surface area (Å²) in [6, 6.07) is 0.559. The maximum Gasteiger partial charge on any atom is 0.154 e. The molecular formula is C17H36N4O2. The molecule has 2 heterocycles. The van der Waals surface area contributed by atoms with Crippen LogP contribution in [0.5, 0.6) is 0 Å². The highest BCUT2D eigenvalue weighted by Gasteiger charge is 2.31. The first kappa shape index (κ1) is 19.1. The third kappa shape index (κ3) is 6.29. The van der Waals surface area contributed by atoms with Gasteiger partial charge in [0.25, 0.3) is 0 Å². The van der Waals surface area contributed by atoms with Gasteiger partial charge in [-0.05, 0) is 19.3 Å². The molecule has 0 spiro atoms. The van der Waals surface area contributed by atoms with Gasteiger partial charge in [0.1, 0.15) is 6.23 Å². The highest BCUT2D eigenvalue weighted by atomic mass is 16.7. The molecule has 0 aliphatic carbocycles. The van der Waals surface area contributed by atoms with Crippen molar-refractivity contribution < 1.29 is 9.57 Å². The third-order valence-electron chi connectivity index (χ3n) is 4.76. The number of piperazine rings is 1. The fourth-order valence-electron chi connectivity index (χ4n) is 3.22. The molecule has 2 fully saturated rings. The van der Waals surface area contributed by atoms with E-state index in [-0.39, 0.29) is 18.6 Å². The van der Waals surface area contributed by atoms with Crippen LogP contribution in [0.15, 0.2) is 0 Å². The second kappa shape index (κ2) is 9.91. The predicted molar refractivity (Wildman–Crippen MR) is 92.7 cm³/mol. The highest BCUT2D eigenvalue weighted by Crippen LogP contribution is 2.16. The maximum atomic E-state index is 6.15. The van der Waals surface area contributed by atoms with Gasteiger partial charge in [0.05, 0.1) is 12.8 Å². The standard InChI is InChI=1S/C17H36N4O2/c1-5-6-7-8-9-21-11-15(13(2)3)18-10-17(21)22-12-16-19-14(4)20-23-16/h13-20H,5-12H2,1-4H3. The van der Waals surface area contributed by atoms with Crippen molar-refractivity contribution >= 4 is 0 Å². The van der Waals surface area contributed by atoms with Crippen molar-refractivity contribution in [1.82, 2.24) is 21.0 Å². The van der Waals surface area contributed by atoms with Crippen molar-refractivity contribution in [2.24, 2.45) is 5.92 Å². The molecule has 0 saturated carbocycles. The molecule has 0 aromatic heterocycles. The van der Waals surface area contributed by atoms with Gasteiger partial charge in [-0.1, -0.05) is 40.0 Å². The fourth-order valence-corrected chi connectivity index (χ4v) is 3.22. The second-order valence-corrected chi connectivity index (χ2v) is 7.22. The summed E-state index contributed by atoms with van der Waals surface area (Å²) >= 11 is 0. The third-order valence-corrected chi connectivity index (χ3v) is 4.76. The summed E-state index contributed by atoms with van der Waals surface area (Å²) in [7, 11) is 0. The molecule has 4 atom stereocenters. The number of rotatable bonds is 9. The monoisotopic (exact) mass is 328 g/mol. The Labute approximate surface area is 141 Å². The number of hydroxylamine groups is 1. The lowest BCUT2D eigenvalue weighted by molar-refractivity contribution is -0.119. The lowest BCUT2D eigenvalue weighted by atomic mass is 10.0. The Hall–Kier alpha value is -0.240. The number of hydrogen-bond donors (Lipinski definition) is 3. The summed E-state index contributed by atoms with van der Waals surface area (Å²) in [5.41, 5.74) is 2.92. The molecule has 0 aromatic rings. The molecule has 0 radical (unpaired) electrons. The van der Waals surface area contributed by atoms with Gasteiger partial charge < -0.3 is 10.1 Å². The van der Waals surface area contributed by atoms with Gasteiger partial charge in [-0.2, -0.15) is 5.48 Å². The van der Waals surface area contributed by atoms with E-state index < -0.39 is 0 Å². The number of nitrogens with zero attached hydrogens (tertiary/aromatic N) is 1. The van der Waals surface area contributed by atoms with Gasteiger partial charge in [0, 0.05) is 25.7 Å². The zero-order chi connectivity index (χ0) is 16.7. The van der Waals surface area contributed by atoms with Gasteiger partial charge in [0.2, 0.25) is 0 Å². The van der Waals surface area contributed by atoms with E-state index in [4.69, 9.17) is 9.57 Å². The van der Waals surface area contributed by atoms with Gasteiger partial charge in [-0.3, -0.25) is 15.1 Å². The van der Waals surface area contributed by atoms with E-state index in [1.54, 1.807) is 0 Å². The molecule has 2 aliphatic rings. The summed E-state index contributed by atoms with van der Waals surface area (Å²) in [5, 5.41) is 6.94. The first-order chi connectivity index (χ1) is 11.1. The van der Waals surface area contributed by atoms with Crippen LogP contribution in [0.3, 0.4) is 0 Å². The van der Waals surface area contributed by atoms with E-state index in [0.29, 0.717) is 18.6 Å². The molecule has 2 saturated heterocycles. The fraction of sp³-hybridized carbons (Fsp3) is 1.00. The first-order valence-electron chi connectivity index (χ1n) is 9.36. The minimum Gasteiger partial charge on any atom is -0.358 e. The molecule has 0 bridgehead atoms. The van der Waals surface area contributed by atoms with Crippen LogP contribution >= 0.6 is 0 Å². The van der Waals surface area contributed by atoms with Crippen LogP contribution in [0.1, 0.15) is 53.4 Å². The summed E-state index contributed by atoms with van der Waals surface area (Å²) in [6.45, 7) is 12.5. The average molecular weight is 329 g/mol. The van der Waals surface area contributed by atoms with Crippen LogP contribution in [0.4, 0.5) is 0 Å². The molecule has 0 aromatic carbocycles. The Morgan fingerprint density at radius 2 is 2.09 bits per heavy atom. The molecular weight excluding hydrogens is 292 g/mol. The molecule has 4 unspecified atom stereocenters. The second-order valence-electron chi connectivity index (χ2n) is 7.22. The predicted octanol–water partition coefficient (Wildman–Crippen LogP) is 1.64. The van der Waals surface area contributed by atoms with Gasteiger partial charge in [-0.25, -0.2) is 0 Å². The normalized spacial score (nSPS) is 32.7. The zero-order valence-corrected chi connectivity index (χ0v) is 15.3. The highest BCUT2D eigenvalue weighted by molar-refractivity contribution is 4.84. The Morgan fingerprint density at radius 3 is 2.74 bits per heavy atom. The largest absolute Gasteiger partial charge is 0.358 e. The molecule has 136 valence electrons. The molecule has 3 N–H and O–H groups in total. The van der Waals surface area contributed by atoms with Crippen LogP contribution in [0.25, 0.3) is 0 Å². The van der Waals surface area contributed by atoms with Crippen LogP contribution in [-0.2, 0) is 9.57 Å². The van der Waals surface area contributed by atoms with E-state index in [9.17, 15) is 0 Å². The van der Waals surface area contributed by atoms with Crippen molar-refractivity contribution in [3.05, 3.63) is 0 Å². The van der Waals surface area contributed by atoms with Crippen LogP contribution in [0.2, 0.25) is 0 Å². The molecule has 23 heavy (non-hydrogen) atoms. The lowest BCUT2D eigenvalue weighted by Gasteiger charge is -2.41. The van der Waals surface area contributed by atoms with Gasteiger partial charge >= 0.3 is 0 Å². The molecule has 6 heteroatoms. The van der Waals surface area contributed by atoms with E-state index >= 15 is 0 Å². The quantitative estimate of drug-likeness (QED) is 0.560. The van der Waals surface area contributed by atoms with E-state index in [1.807, 2.05) is 6.92 Å². The first-order valence-corrected chi connectivity index (χ1v) is 9.36. The average Bonchev–Trinajstić information content (AvgIpc) is 2.95. The summed E-state index contributed by atoms with van der Waals surface area (Å²) < 4.78 is 6.15. The SMILES string of the molecule is CCCCCCN1CC(C(C)C)NCC1OCC1NC(C)NO1. The number of ether oxygens (including phenoxy) is 1. The minimum atomic E-state index is -0.0604. The van der Waals surface area contributed by atoms with Crippen LogP contribution in [-0.4, -0.2) is 55.8 Å². The van der Waals surface area contributed by atoms with Crippen molar-refractivity contribution in [3.63, 3.8) is 0 Å². The Bertz CT molecular complexity index is 330. The summed E-state index contributed by atoms with van der Waals surface area (Å²) in [4.78, 5) is 7.96. The van der Waals surface area contributed by atoms with Crippen molar-refractivity contribution in [2.45, 2.75) is 78.0 Å². The number of nitrogens with one attached hydrogen (secondary N) is 3. The number of hydrogen-bond acceptors (Lipinski definition) is 6. The minimum absolute atomic E-state index is 0.0604. The molecule has 2 rings (SSSR count). The van der Waals surface area contributed by atoms with Crippen molar-refractivity contribution in [3.8, 4) is 0 Å². The Kier molecular flexibility index (Phi) is 8.23. The van der Waals surface area contributed by atoms with Crippen LogP contribution < -0.4 is 16.1 Å². The summed E-state index contributed by atoms with van der Waals surface area (Å²) in [5.74, 6) is 0.652. The van der Waals surface area contributed by atoms with E-state index in [2.05, 4.69) is 41.8 Å². The zero-order valence-electron chi connectivity index (χ0n) is 15.3.